The molecule has 2 aliphatic heterocycles. The van der Waals surface area contributed by atoms with Gasteiger partial charge in [-0.1, -0.05) is 6.07 Å². The zero-order valence-electron chi connectivity index (χ0n) is 14.3. The first-order valence-corrected chi connectivity index (χ1v) is 9.83. The van der Waals surface area contributed by atoms with Crippen LogP contribution in [0.5, 0.6) is 0 Å². The summed E-state index contributed by atoms with van der Waals surface area (Å²) < 4.78 is 7.38. The zero-order valence-corrected chi connectivity index (χ0v) is 15.1. The van der Waals surface area contributed by atoms with Gasteiger partial charge in [-0.3, -0.25) is 14.4 Å². The minimum Gasteiger partial charge on any atom is -0.381 e. The molecule has 4 rings (SSSR count). The molecular formula is C18H24N4O2S. The number of rotatable bonds is 5. The fourth-order valence-electron chi connectivity index (χ4n) is 3.72. The molecule has 1 amide bonds. The highest BCUT2D eigenvalue weighted by atomic mass is 32.1. The highest BCUT2D eigenvalue weighted by molar-refractivity contribution is 7.09. The van der Waals surface area contributed by atoms with Crippen molar-refractivity contribution in [2.45, 2.75) is 37.9 Å². The van der Waals surface area contributed by atoms with Gasteiger partial charge in [-0.25, -0.2) is 0 Å². The van der Waals surface area contributed by atoms with Crippen LogP contribution in [0.4, 0.5) is 0 Å². The van der Waals surface area contributed by atoms with Crippen molar-refractivity contribution in [3.8, 4) is 0 Å². The summed E-state index contributed by atoms with van der Waals surface area (Å²) in [5, 5.41) is 9.57. The van der Waals surface area contributed by atoms with E-state index in [9.17, 15) is 4.79 Å². The smallest absolute Gasteiger partial charge is 0.246 e. The molecule has 1 fully saturated rings. The van der Waals surface area contributed by atoms with Gasteiger partial charge in [-0.05, 0) is 36.8 Å². The fraction of sp³-hybridized carbons (Fsp3) is 0.556. The predicted molar refractivity (Wildman–Crippen MR) is 96.5 cm³/mol. The van der Waals surface area contributed by atoms with Gasteiger partial charge in [0.2, 0.25) is 5.91 Å². The van der Waals surface area contributed by atoms with Crippen LogP contribution in [0.25, 0.3) is 0 Å². The molecule has 0 aromatic carbocycles. The van der Waals surface area contributed by atoms with E-state index in [1.54, 1.807) is 17.5 Å². The van der Waals surface area contributed by atoms with Crippen molar-refractivity contribution in [1.82, 2.24) is 20.0 Å². The quantitative estimate of drug-likeness (QED) is 0.884. The van der Waals surface area contributed by atoms with E-state index in [1.807, 2.05) is 16.8 Å². The van der Waals surface area contributed by atoms with E-state index in [2.05, 4.69) is 26.8 Å². The molecule has 2 aromatic rings. The highest BCUT2D eigenvalue weighted by Gasteiger charge is 2.34. The van der Waals surface area contributed by atoms with Crippen LogP contribution < -0.4 is 5.32 Å². The summed E-state index contributed by atoms with van der Waals surface area (Å²) in [4.78, 5) is 16.5. The average Bonchev–Trinajstić information content (AvgIpc) is 3.33. The maximum atomic E-state index is 12.8. The van der Waals surface area contributed by atoms with Crippen molar-refractivity contribution in [3.63, 3.8) is 0 Å². The Balaban J connectivity index is 1.41. The Labute approximate surface area is 151 Å². The third-order valence-electron chi connectivity index (χ3n) is 5.08. The molecule has 1 saturated heterocycles. The number of carbonyl (C=O) groups excluding carboxylic acids is 1. The lowest BCUT2D eigenvalue weighted by atomic mass is 10.0. The van der Waals surface area contributed by atoms with Crippen molar-refractivity contribution in [3.05, 3.63) is 40.3 Å². The molecule has 1 N–H and O–H groups in total. The summed E-state index contributed by atoms with van der Waals surface area (Å²) in [5.41, 5.74) is 1.12. The molecule has 0 aliphatic carbocycles. The van der Waals surface area contributed by atoms with Crippen LogP contribution in [-0.2, 0) is 22.5 Å². The first kappa shape index (κ1) is 16.8. The van der Waals surface area contributed by atoms with Gasteiger partial charge in [0.05, 0.1) is 5.69 Å². The Bertz CT molecular complexity index is 694. The Morgan fingerprint density at radius 1 is 1.36 bits per heavy atom. The second kappa shape index (κ2) is 7.68. The van der Waals surface area contributed by atoms with Crippen LogP contribution in [0.2, 0.25) is 0 Å². The highest BCUT2D eigenvalue weighted by Crippen LogP contribution is 2.26. The minimum atomic E-state index is -0.245. The summed E-state index contributed by atoms with van der Waals surface area (Å²) in [7, 11) is 0. The molecule has 2 aromatic heterocycles. The molecule has 0 spiro atoms. The molecule has 2 aliphatic rings. The summed E-state index contributed by atoms with van der Waals surface area (Å²) in [6, 6.07) is 6.43. The van der Waals surface area contributed by atoms with Crippen LogP contribution >= 0.6 is 11.3 Å². The van der Waals surface area contributed by atoms with Crippen LogP contribution in [-0.4, -0.2) is 52.9 Å². The molecule has 0 radical (unpaired) electrons. The van der Waals surface area contributed by atoms with Crippen LogP contribution in [0, 0.1) is 0 Å². The van der Waals surface area contributed by atoms with Crippen molar-refractivity contribution in [2.24, 2.45) is 0 Å². The topological polar surface area (TPSA) is 59.4 Å². The van der Waals surface area contributed by atoms with Gasteiger partial charge >= 0.3 is 0 Å². The number of hydrogen-bond donors (Lipinski definition) is 1. The van der Waals surface area contributed by atoms with Crippen molar-refractivity contribution >= 4 is 17.2 Å². The molecule has 4 heterocycles. The largest absolute Gasteiger partial charge is 0.381 e. The van der Waals surface area contributed by atoms with Gasteiger partial charge in [0, 0.05) is 50.0 Å². The Kier molecular flexibility index (Phi) is 5.14. The number of ether oxygens (including phenoxy) is 1. The second-order valence-electron chi connectivity index (χ2n) is 6.68. The Hall–Kier alpha value is -1.70. The zero-order chi connectivity index (χ0) is 17.1. The molecule has 7 heteroatoms. The second-order valence-corrected chi connectivity index (χ2v) is 7.71. The first-order valence-electron chi connectivity index (χ1n) is 8.95. The van der Waals surface area contributed by atoms with E-state index in [1.165, 1.54) is 4.88 Å². The summed E-state index contributed by atoms with van der Waals surface area (Å²) in [5.74, 6) is 0.0678. The molecule has 25 heavy (non-hydrogen) atoms. The lowest BCUT2D eigenvalue weighted by molar-refractivity contribution is -0.126. The van der Waals surface area contributed by atoms with Gasteiger partial charge in [0.1, 0.15) is 6.04 Å². The fourth-order valence-corrected chi connectivity index (χ4v) is 4.43. The molecule has 0 unspecified atom stereocenters. The van der Waals surface area contributed by atoms with Gasteiger partial charge in [-0.2, -0.15) is 5.10 Å². The van der Waals surface area contributed by atoms with E-state index in [-0.39, 0.29) is 11.9 Å². The third kappa shape index (κ3) is 3.78. The lowest BCUT2D eigenvalue weighted by Crippen LogP contribution is -2.49. The van der Waals surface area contributed by atoms with Crippen LogP contribution in [0.3, 0.4) is 0 Å². The minimum absolute atomic E-state index is 0.0678. The van der Waals surface area contributed by atoms with Crippen molar-refractivity contribution < 1.29 is 9.53 Å². The average molecular weight is 360 g/mol. The van der Waals surface area contributed by atoms with Gasteiger partial charge in [-0.15, -0.1) is 11.3 Å². The maximum absolute atomic E-state index is 12.8. The summed E-state index contributed by atoms with van der Waals surface area (Å²) >= 11 is 1.73. The summed E-state index contributed by atoms with van der Waals surface area (Å²) in [6.45, 7) is 3.90. The molecule has 6 nitrogen and oxygen atoms in total. The van der Waals surface area contributed by atoms with E-state index in [0.29, 0.717) is 12.6 Å². The monoisotopic (exact) mass is 360 g/mol. The number of aromatic nitrogens is 2. The molecule has 134 valence electrons. The third-order valence-corrected chi connectivity index (χ3v) is 6.02. The van der Waals surface area contributed by atoms with Crippen molar-refractivity contribution in [2.75, 3.05) is 26.3 Å². The number of hydrogen-bond acceptors (Lipinski definition) is 5. The Morgan fingerprint density at radius 2 is 2.24 bits per heavy atom. The van der Waals surface area contributed by atoms with Gasteiger partial charge in [0.15, 0.2) is 0 Å². The van der Waals surface area contributed by atoms with E-state index in [4.69, 9.17) is 4.74 Å². The van der Waals surface area contributed by atoms with E-state index < -0.39 is 0 Å². The number of nitrogens with one attached hydrogen (secondary N) is 1. The molecule has 1 atom stereocenters. The number of carbonyl (C=O) groups is 1. The first-order chi connectivity index (χ1) is 12.3. The predicted octanol–water partition coefficient (Wildman–Crippen LogP) is 1.84. The SMILES string of the molecule is O=C(NCCc1cccs1)[C@@H]1CN(C2CCOCC2)Cc2ccnn21. The van der Waals surface area contributed by atoms with Crippen molar-refractivity contribution in [1.29, 1.82) is 0 Å². The number of thiophene rings is 1. The molecule has 0 saturated carbocycles. The van der Waals surface area contributed by atoms with Crippen LogP contribution in [0.1, 0.15) is 29.5 Å². The maximum Gasteiger partial charge on any atom is 0.246 e. The summed E-state index contributed by atoms with van der Waals surface area (Å²) in [6.07, 6.45) is 4.77. The van der Waals surface area contributed by atoms with Gasteiger partial charge in [0.25, 0.3) is 0 Å². The van der Waals surface area contributed by atoms with Gasteiger partial charge < -0.3 is 10.1 Å². The Morgan fingerprint density at radius 3 is 3.04 bits per heavy atom. The van der Waals surface area contributed by atoms with E-state index in [0.717, 1.165) is 51.3 Å². The normalized spacial score (nSPS) is 21.8. The standard InChI is InChI=1S/C18H24N4O2S/c23-18(19-7-4-16-2-1-11-25-16)17-13-21(14-5-9-24-10-6-14)12-15-3-8-20-22(15)17/h1-3,8,11,14,17H,4-7,9-10,12-13H2,(H,19,23)/t17-/m0/s1. The van der Waals surface area contributed by atoms with E-state index >= 15 is 0 Å². The lowest BCUT2D eigenvalue weighted by Gasteiger charge is -2.39. The van der Waals surface area contributed by atoms with Crippen LogP contribution in [0.15, 0.2) is 29.8 Å². The number of amides is 1. The molecule has 0 bridgehead atoms. The molecular weight excluding hydrogens is 336 g/mol. The number of fused-ring (bicyclic) bond motifs is 1. The number of nitrogens with zero attached hydrogens (tertiary/aromatic N) is 3.